The van der Waals surface area contributed by atoms with Crippen LogP contribution in [0.3, 0.4) is 0 Å². The third-order valence-electron chi connectivity index (χ3n) is 7.30. The number of carbonyl (C=O) groups is 2. The van der Waals surface area contributed by atoms with Gasteiger partial charge in [0.1, 0.15) is 24.9 Å². The number of hydrazone groups is 1. The standard InChI is InChI=1S/C22H30B2N5O4/c1-2-32-19(30)14-4-6-16(7-5-14)33-20(31)17-12-15-11-13(3-8-18(25)28-29-26)9-10-21(15)22(23,24-21)27-17/h4-7,13,15,17,27,29H,2-3,8-12,26H2,1H3,(H2,25,28). The van der Waals surface area contributed by atoms with Crippen LogP contribution in [0.5, 0.6) is 5.75 Å². The van der Waals surface area contributed by atoms with Crippen molar-refractivity contribution in [1.29, 1.82) is 0 Å². The van der Waals surface area contributed by atoms with E-state index in [9.17, 15) is 9.59 Å². The first-order valence-electron chi connectivity index (χ1n) is 11.5. The molecule has 1 aromatic carbocycles. The molecule has 1 spiro atoms. The molecule has 3 radical (unpaired) electrons. The van der Waals surface area contributed by atoms with Crippen LogP contribution in [0.4, 0.5) is 0 Å². The van der Waals surface area contributed by atoms with Gasteiger partial charge in [0.2, 0.25) is 0 Å². The molecule has 11 heteroatoms. The van der Waals surface area contributed by atoms with Crippen LogP contribution < -0.4 is 27.2 Å². The summed E-state index contributed by atoms with van der Waals surface area (Å²) in [6.07, 6.45) is 5.32. The van der Waals surface area contributed by atoms with Gasteiger partial charge in [0, 0.05) is 6.42 Å². The van der Waals surface area contributed by atoms with Crippen LogP contribution in [0, 0.1) is 11.8 Å². The Morgan fingerprint density at radius 2 is 2.09 bits per heavy atom. The van der Waals surface area contributed by atoms with E-state index in [0.29, 0.717) is 48.4 Å². The van der Waals surface area contributed by atoms with Crippen molar-refractivity contribution >= 4 is 32.9 Å². The molecular formula is C22H30B2N5O4. The van der Waals surface area contributed by atoms with Gasteiger partial charge in [-0.2, -0.15) is 5.10 Å². The fraction of sp³-hybridized carbons (Fsp3) is 0.591. The molecule has 1 aromatic rings. The Hall–Kier alpha value is -2.52. The minimum atomic E-state index is -0.637. The predicted octanol–water partition coefficient (Wildman–Crippen LogP) is 0.761. The lowest BCUT2D eigenvalue weighted by Crippen LogP contribution is -2.55. The Bertz CT molecular complexity index is 930. The molecule has 9 nitrogen and oxygen atoms in total. The van der Waals surface area contributed by atoms with Gasteiger partial charge in [-0.15, -0.1) is 0 Å². The van der Waals surface area contributed by atoms with E-state index in [0.717, 1.165) is 25.7 Å². The van der Waals surface area contributed by atoms with Gasteiger partial charge in [-0.05, 0) is 67.6 Å². The fourth-order valence-corrected chi connectivity index (χ4v) is 5.57. The van der Waals surface area contributed by atoms with Crippen LogP contribution in [0.2, 0.25) is 5.31 Å². The lowest BCUT2D eigenvalue weighted by molar-refractivity contribution is -0.138. The van der Waals surface area contributed by atoms with E-state index in [1.807, 2.05) is 0 Å². The molecule has 1 aliphatic carbocycles. The molecule has 4 rings (SSSR count). The lowest BCUT2D eigenvalue weighted by atomic mass is 9.60. The van der Waals surface area contributed by atoms with Crippen LogP contribution >= 0.6 is 0 Å². The molecule has 0 bridgehead atoms. The fourth-order valence-electron chi connectivity index (χ4n) is 5.57. The zero-order chi connectivity index (χ0) is 23.6. The zero-order valence-electron chi connectivity index (χ0n) is 18.9. The van der Waals surface area contributed by atoms with Gasteiger partial charge in [0.15, 0.2) is 0 Å². The molecule has 3 aliphatic rings. The van der Waals surface area contributed by atoms with Crippen LogP contribution in [-0.2, 0) is 9.53 Å². The molecule has 5 atom stereocenters. The summed E-state index contributed by atoms with van der Waals surface area (Å²) in [5, 5.41) is 6.45. The van der Waals surface area contributed by atoms with Crippen LogP contribution in [-0.4, -0.2) is 50.9 Å². The first kappa shape index (κ1) is 23.6. The highest BCUT2D eigenvalue weighted by molar-refractivity contribution is 6.72. The van der Waals surface area contributed by atoms with Crippen molar-refractivity contribution in [3.63, 3.8) is 0 Å². The molecule has 2 heterocycles. The minimum absolute atomic E-state index is 0.0555. The second kappa shape index (κ2) is 9.38. The van der Waals surface area contributed by atoms with E-state index in [2.05, 4.69) is 23.2 Å². The van der Waals surface area contributed by atoms with Crippen LogP contribution in [0.25, 0.3) is 0 Å². The van der Waals surface area contributed by atoms with Crippen molar-refractivity contribution in [1.82, 2.24) is 10.9 Å². The number of nitrogens with one attached hydrogen (secondary N) is 2. The molecule has 0 aromatic heterocycles. The van der Waals surface area contributed by atoms with Crippen molar-refractivity contribution in [2.75, 3.05) is 6.61 Å². The van der Waals surface area contributed by atoms with Gasteiger partial charge in [-0.1, -0.05) is 18.2 Å². The molecule has 33 heavy (non-hydrogen) atoms. The average molecular weight is 450 g/mol. The first-order valence-corrected chi connectivity index (χ1v) is 11.5. The third kappa shape index (κ3) is 4.75. The average Bonchev–Trinajstić information content (AvgIpc) is 3.41. The summed E-state index contributed by atoms with van der Waals surface area (Å²) in [6, 6.07) is 5.86. The number of esters is 2. The first-order chi connectivity index (χ1) is 15.8. The van der Waals surface area contributed by atoms with Crippen LogP contribution in [0.15, 0.2) is 29.4 Å². The summed E-state index contributed by atoms with van der Waals surface area (Å²) in [7, 11) is 8.78. The predicted molar refractivity (Wildman–Crippen MR) is 126 cm³/mol. The molecule has 2 aliphatic heterocycles. The zero-order valence-corrected chi connectivity index (χ0v) is 18.9. The number of benzene rings is 1. The quantitative estimate of drug-likeness (QED) is 0.0866. The van der Waals surface area contributed by atoms with Crippen molar-refractivity contribution in [2.45, 2.75) is 62.1 Å². The van der Waals surface area contributed by atoms with E-state index < -0.39 is 17.3 Å². The lowest BCUT2D eigenvalue weighted by Gasteiger charge is -2.47. The van der Waals surface area contributed by atoms with Gasteiger partial charge >= 0.3 is 11.9 Å². The second-order valence-corrected chi connectivity index (χ2v) is 9.26. The number of rotatable bonds is 8. The molecule has 1 saturated carbocycles. The molecule has 6 N–H and O–H groups in total. The maximum Gasteiger partial charge on any atom is 0.338 e. The normalized spacial score (nSPS) is 32.5. The second-order valence-electron chi connectivity index (χ2n) is 9.26. The summed E-state index contributed by atoms with van der Waals surface area (Å²) >= 11 is 0. The Morgan fingerprint density at radius 1 is 1.33 bits per heavy atom. The van der Waals surface area contributed by atoms with E-state index >= 15 is 0 Å². The largest absolute Gasteiger partial charge is 0.462 e. The number of ether oxygens (including phenoxy) is 2. The third-order valence-corrected chi connectivity index (χ3v) is 7.30. The summed E-state index contributed by atoms with van der Waals surface area (Å²) in [5.74, 6) is 6.08. The SMILES string of the molecule is [B]C12[B]C13CCC(CC/C(N)=N/NN)CC3CC(C(=O)Oc1ccc(C(=O)OCC)cc1)N2. The summed E-state index contributed by atoms with van der Waals surface area (Å²) < 4.78 is 10.6. The number of amidine groups is 1. The Labute approximate surface area is 196 Å². The number of hydrogen-bond acceptors (Lipinski definition) is 8. The summed E-state index contributed by atoms with van der Waals surface area (Å²) in [6.45, 7) is 2.05. The summed E-state index contributed by atoms with van der Waals surface area (Å²) in [4.78, 5) is 24.7. The highest BCUT2D eigenvalue weighted by Gasteiger charge is 2.71. The van der Waals surface area contributed by atoms with E-state index in [1.165, 1.54) is 0 Å². The topological polar surface area (TPSA) is 141 Å². The number of hydrogen-bond donors (Lipinski definition) is 4. The van der Waals surface area contributed by atoms with E-state index in [1.54, 1.807) is 31.2 Å². The Balaban J connectivity index is 1.36. The van der Waals surface area contributed by atoms with Crippen molar-refractivity contribution < 1.29 is 19.1 Å². The molecular weight excluding hydrogens is 420 g/mol. The van der Waals surface area contributed by atoms with Gasteiger partial charge in [0.05, 0.1) is 20.0 Å². The number of nitrogens with two attached hydrogens (primary N) is 2. The Kier molecular flexibility index (Phi) is 6.72. The molecule has 0 amide bonds. The number of carbonyl (C=O) groups excluding carboxylic acids is 2. The highest BCUT2D eigenvalue weighted by atomic mass is 16.5. The van der Waals surface area contributed by atoms with Gasteiger partial charge < -0.3 is 20.5 Å². The van der Waals surface area contributed by atoms with E-state index in [-0.39, 0.29) is 11.3 Å². The maximum absolute atomic E-state index is 12.9. The molecule has 2 saturated heterocycles. The van der Waals surface area contributed by atoms with Crippen molar-refractivity contribution in [3.8, 4) is 5.75 Å². The minimum Gasteiger partial charge on any atom is -0.462 e. The molecule has 3 fully saturated rings. The van der Waals surface area contributed by atoms with Gasteiger partial charge in [0.25, 0.3) is 0 Å². The molecule has 173 valence electrons. The van der Waals surface area contributed by atoms with Crippen molar-refractivity contribution in [3.05, 3.63) is 29.8 Å². The molecule has 5 unspecified atom stereocenters. The van der Waals surface area contributed by atoms with Gasteiger partial charge in [-0.25, -0.2) is 21.0 Å². The van der Waals surface area contributed by atoms with Gasteiger partial charge in [-0.3, -0.25) is 0 Å². The van der Waals surface area contributed by atoms with Crippen LogP contribution in [0.1, 0.15) is 55.8 Å². The summed E-state index contributed by atoms with van der Waals surface area (Å²) in [5.41, 5.74) is 8.49. The van der Waals surface area contributed by atoms with Crippen molar-refractivity contribution in [2.24, 2.45) is 28.5 Å². The highest BCUT2D eigenvalue weighted by Crippen LogP contribution is 2.69. The number of nitrogens with zero attached hydrogens (tertiary/aromatic N) is 1. The number of piperidine rings is 1. The smallest absolute Gasteiger partial charge is 0.338 e. The number of hydrazine groups is 1. The van der Waals surface area contributed by atoms with E-state index in [4.69, 9.17) is 28.9 Å². The maximum atomic E-state index is 12.9. The monoisotopic (exact) mass is 450 g/mol. The Morgan fingerprint density at radius 3 is 2.79 bits per heavy atom.